The van der Waals surface area contributed by atoms with E-state index in [4.69, 9.17) is 13.8 Å². The van der Waals surface area contributed by atoms with Crippen molar-refractivity contribution in [2.45, 2.75) is 12.6 Å². The van der Waals surface area contributed by atoms with Crippen LogP contribution in [0.15, 0.2) is 43.0 Å². The van der Waals surface area contributed by atoms with E-state index in [1.54, 1.807) is 28.8 Å². The predicted molar refractivity (Wildman–Crippen MR) is 108 cm³/mol. The number of imidazole rings is 1. The molecule has 160 valence electrons. The first kappa shape index (κ1) is 22.0. The molecule has 3 aromatic rings. The second-order valence-electron chi connectivity index (χ2n) is 6.19. The highest BCUT2D eigenvalue weighted by atomic mass is 31.2. The van der Waals surface area contributed by atoms with Crippen LogP contribution in [0, 0.1) is 0 Å². The SMILES string of the molecule is COP(=O)(COC(CO)Cn1cnc2c(NC(=O)c3ccccc3)ncnc21)OC. The Labute approximate surface area is 172 Å². The zero-order valence-corrected chi connectivity index (χ0v) is 17.4. The van der Waals surface area contributed by atoms with Crippen molar-refractivity contribution in [3.63, 3.8) is 0 Å². The lowest BCUT2D eigenvalue weighted by Gasteiger charge is -2.19. The van der Waals surface area contributed by atoms with Gasteiger partial charge >= 0.3 is 7.60 Å². The topological polar surface area (TPSA) is 138 Å². The molecule has 0 spiro atoms. The Kier molecular flexibility index (Phi) is 7.24. The van der Waals surface area contributed by atoms with E-state index in [2.05, 4.69) is 20.3 Å². The Morgan fingerprint density at radius 1 is 1.20 bits per heavy atom. The number of carbonyl (C=O) groups excluding carboxylic acids is 1. The first-order valence-electron chi connectivity index (χ1n) is 8.95. The zero-order chi connectivity index (χ0) is 21.6. The lowest BCUT2D eigenvalue weighted by atomic mass is 10.2. The summed E-state index contributed by atoms with van der Waals surface area (Å²) >= 11 is 0. The fraction of sp³-hybridized carbons (Fsp3) is 0.333. The summed E-state index contributed by atoms with van der Waals surface area (Å²) in [6, 6.07) is 8.72. The third kappa shape index (κ3) is 5.07. The van der Waals surface area contributed by atoms with E-state index < -0.39 is 13.7 Å². The highest BCUT2D eigenvalue weighted by Gasteiger charge is 2.24. The number of rotatable bonds is 10. The molecule has 2 aromatic heterocycles. The van der Waals surface area contributed by atoms with Gasteiger partial charge in [0.15, 0.2) is 17.0 Å². The maximum absolute atomic E-state index is 12.4. The number of ether oxygens (including phenoxy) is 1. The number of nitrogens with zero attached hydrogens (tertiary/aromatic N) is 4. The van der Waals surface area contributed by atoms with Crippen LogP contribution < -0.4 is 5.32 Å². The number of benzene rings is 1. The summed E-state index contributed by atoms with van der Waals surface area (Å²) in [6.45, 7) is -0.167. The minimum atomic E-state index is -3.37. The Bertz CT molecular complexity index is 1040. The molecule has 1 aromatic carbocycles. The van der Waals surface area contributed by atoms with Crippen LogP contribution in [0.25, 0.3) is 11.2 Å². The molecule has 2 heterocycles. The van der Waals surface area contributed by atoms with Crippen LogP contribution >= 0.6 is 7.60 Å². The van der Waals surface area contributed by atoms with E-state index in [-0.39, 0.29) is 31.2 Å². The molecule has 0 saturated heterocycles. The van der Waals surface area contributed by atoms with Gasteiger partial charge in [-0.15, -0.1) is 0 Å². The first-order valence-corrected chi connectivity index (χ1v) is 10.7. The largest absolute Gasteiger partial charge is 0.394 e. The van der Waals surface area contributed by atoms with E-state index in [0.29, 0.717) is 16.7 Å². The van der Waals surface area contributed by atoms with Gasteiger partial charge in [-0.2, -0.15) is 0 Å². The van der Waals surface area contributed by atoms with Crippen LogP contribution in [0.4, 0.5) is 5.82 Å². The molecule has 3 rings (SSSR count). The lowest BCUT2D eigenvalue weighted by Crippen LogP contribution is -2.25. The molecule has 1 atom stereocenters. The summed E-state index contributed by atoms with van der Waals surface area (Å²) < 4.78 is 28.9. The molecule has 0 bridgehead atoms. The molecule has 0 saturated carbocycles. The Balaban J connectivity index is 1.75. The zero-order valence-electron chi connectivity index (χ0n) is 16.5. The third-order valence-electron chi connectivity index (χ3n) is 4.30. The lowest BCUT2D eigenvalue weighted by molar-refractivity contribution is 0.0180. The van der Waals surface area contributed by atoms with Crippen molar-refractivity contribution in [3.05, 3.63) is 48.5 Å². The van der Waals surface area contributed by atoms with Crippen molar-refractivity contribution in [3.8, 4) is 0 Å². The molecular formula is C18H22N5O6P. The fourth-order valence-electron chi connectivity index (χ4n) is 2.63. The van der Waals surface area contributed by atoms with Gasteiger partial charge in [0, 0.05) is 19.8 Å². The average molecular weight is 435 g/mol. The molecule has 30 heavy (non-hydrogen) atoms. The van der Waals surface area contributed by atoms with Gasteiger partial charge in [-0.3, -0.25) is 9.36 Å². The standard InChI is InChI=1S/C18H22N5O6P/c1-27-30(26,28-2)12-29-14(9-24)8-23-11-21-15-16(19-10-20-17(15)23)22-18(25)13-6-4-3-5-7-13/h3-7,10-11,14,24H,8-9,12H2,1-2H3,(H,19,20,22,25). The van der Waals surface area contributed by atoms with E-state index >= 15 is 0 Å². The number of hydrogen-bond acceptors (Lipinski definition) is 9. The molecule has 0 radical (unpaired) electrons. The van der Waals surface area contributed by atoms with Gasteiger partial charge < -0.3 is 28.8 Å². The van der Waals surface area contributed by atoms with Gasteiger partial charge in [0.1, 0.15) is 12.7 Å². The fourth-order valence-corrected chi connectivity index (χ4v) is 3.39. The number of aliphatic hydroxyl groups is 1. The van der Waals surface area contributed by atoms with Crippen LogP contribution in [0.5, 0.6) is 0 Å². The van der Waals surface area contributed by atoms with Crippen LogP contribution in [0.2, 0.25) is 0 Å². The van der Waals surface area contributed by atoms with Crippen LogP contribution in [0.3, 0.4) is 0 Å². The normalized spacial score (nSPS) is 12.8. The molecular weight excluding hydrogens is 413 g/mol. The third-order valence-corrected chi connectivity index (χ3v) is 5.88. The molecule has 2 N–H and O–H groups in total. The number of aromatic nitrogens is 4. The molecule has 0 aliphatic carbocycles. The minimum Gasteiger partial charge on any atom is -0.394 e. The predicted octanol–water partition coefficient (Wildman–Crippen LogP) is 1.90. The maximum atomic E-state index is 12.4. The number of fused-ring (bicyclic) bond motifs is 1. The molecule has 0 aliphatic rings. The average Bonchev–Trinajstić information content (AvgIpc) is 3.20. The van der Waals surface area contributed by atoms with E-state index in [1.807, 2.05) is 6.07 Å². The maximum Gasteiger partial charge on any atom is 0.355 e. The smallest absolute Gasteiger partial charge is 0.355 e. The molecule has 0 aliphatic heterocycles. The molecule has 0 fully saturated rings. The summed E-state index contributed by atoms with van der Waals surface area (Å²) in [5.41, 5.74) is 1.31. The Morgan fingerprint density at radius 3 is 2.60 bits per heavy atom. The summed E-state index contributed by atoms with van der Waals surface area (Å²) in [5, 5.41) is 12.3. The summed E-state index contributed by atoms with van der Waals surface area (Å²) in [4.78, 5) is 25.0. The van der Waals surface area contributed by atoms with E-state index in [0.717, 1.165) is 0 Å². The minimum absolute atomic E-state index is 0.170. The van der Waals surface area contributed by atoms with Gasteiger partial charge in [0.2, 0.25) is 0 Å². The molecule has 11 nitrogen and oxygen atoms in total. The number of hydrogen-bond donors (Lipinski definition) is 2. The van der Waals surface area contributed by atoms with E-state index in [1.165, 1.54) is 26.9 Å². The van der Waals surface area contributed by atoms with Gasteiger partial charge in [0.25, 0.3) is 5.91 Å². The molecule has 12 heteroatoms. The van der Waals surface area contributed by atoms with Crippen LogP contribution in [-0.4, -0.2) is 63.8 Å². The quantitative estimate of drug-likeness (QED) is 0.457. The van der Waals surface area contributed by atoms with Crippen molar-refractivity contribution in [1.82, 2.24) is 19.5 Å². The summed E-state index contributed by atoms with van der Waals surface area (Å²) in [6.07, 6.45) is 1.78. The number of aliphatic hydroxyl groups excluding tert-OH is 1. The van der Waals surface area contributed by atoms with Crippen LogP contribution in [0.1, 0.15) is 10.4 Å². The highest BCUT2D eigenvalue weighted by Crippen LogP contribution is 2.46. The molecule has 1 unspecified atom stereocenters. The van der Waals surface area contributed by atoms with Crippen molar-refractivity contribution in [2.24, 2.45) is 0 Å². The van der Waals surface area contributed by atoms with Gasteiger partial charge in [-0.25, -0.2) is 15.0 Å². The summed E-state index contributed by atoms with van der Waals surface area (Å²) in [5.74, 6) is -0.0612. The monoisotopic (exact) mass is 435 g/mol. The second kappa shape index (κ2) is 9.88. The molecule has 1 amide bonds. The van der Waals surface area contributed by atoms with E-state index in [9.17, 15) is 14.5 Å². The Morgan fingerprint density at radius 2 is 1.93 bits per heavy atom. The first-order chi connectivity index (χ1) is 14.5. The van der Waals surface area contributed by atoms with Crippen LogP contribution in [-0.2, 0) is 24.9 Å². The van der Waals surface area contributed by atoms with Crippen molar-refractivity contribution in [1.29, 1.82) is 0 Å². The van der Waals surface area contributed by atoms with Gasteiger partial charge in [-0.1, -0.05) is 18.2 Å². The highest BCUT2D eigenvalue weighted by molar-refractivity contribution is 7.53. The van der Waals surface area contributed by atoms with Crippen molar-refractivity contribution < 1.29 is 28.3 Å². The van der Waals surface area contributed by atoms with Gasteiger partial charge in [0.05, 0.1) is 25.6 Å². The van der Waals surface area contributed by atoms with Crippen molar-refractivity contribution >= 4 is 30.5 Å². The van der Waals surface area contributed by atoms with Crippen molar-refractivity contribution in [2.75, 3.05) is 32.5 Å². The number of nitrogens with one attached hydrogen (secondary N) is 1. The van der Waals surface area contributed by atoms with Gasteiger partial charge in [-0.05, 0) is 12.1 Å². The number of amides is 1. The summed E-state index contributed by atoms with van der Waals surface area (Å²) in [7, 11) is -0.857. The Hall–Kier alpha value is -2.69. The second-order valence-corrected chi connectivity index (χ2v) is 8.40. The number of carbonyl (C=O) groups is 1. The number of anilines is 1.